The molecule has 0 spiro atoms. The van der Waals surface area contributed by atoms with Crippen LogP contribution in [0, 0.1) is 16.7 Å². The van der Waals surface area contributed by atoms with Gasteiger partial charge in [-0.05, 0) is 18.3 Å². The van der Waals surface area contributed by atoms with E-state index in [1.807, 2.05) is 13.8 Å². The molecule has 1 fully saturated rings. The molecular weight excluding hydrogens is 234 g/mol. The predicted octanol–water partition coefficient (Wildman–Crippen LogP) is 0.833. The summed E-state index contributed by atoms with van der Waals surface area (Å²) in [6, 6.07) is 0. The van der Waals surface area contributed by atoms with Crippen LogP contribution in [0.15, 0.2) is 11.8 Å². The van der Waals surface area contributed by atoms with Crippen LogP contribution >= 0.6 is 0 Å². The van der Waals surface area contributed by atoms with Crippen LogP contribution in [0.4, 0.5) is 0 Å². The number of hydrogen-bond donors (Lipinski definition) is 4. The molecule has 0 aromatic rings. The predicted molar refractivity (Wildman–Crippen MR) is 66.9 cm³/mol. The number of amides is 1. The average Bonchev–Trinajstić information content (AvgIpc) is 2.85. The first kappa shape index (κ1) is 14.2. The van der Waals surface area contributed by atoms with E-state index in [0.717, 1.165) is 6.42 Å². The number of rotatable bonds is 6. The minimum atomic E-state index is -1.18. The molecule has 1 unspecified atom stereocenters. The normalized spacial score (nSPS) is 21.2. The van der Waals surface area contributed by atoms with E-state index in [-0.39, 0.29) is 35.2 Å². The lowest BCUT2D eigenvalue weighted by Gasteiger charge is -2.07. The first-order valence-electron chi connectivity index (χ1n) is 5.81. The molecule has 1 rings (SSSR count). The van der Waals surface area contributed by atoms with Crippen LogP contribution < -0.4 is 11.1 Å². The van der Waals surface area contributed by atoms with Crippen molar-refractivity contribution in [3.05, 3.63) is 11.8 Å². The Hall–Kier alpha value is -1.85. The molecule has 1 aliphatic carbocycles. The maximum atomic E-state index is 11.8. The smallest absolute Gasteiger partial charge is 0.352 e. The lowest BCUT2D eigenvalue weighted by atomic mass is 10.1. The van der Waals surface area contributed by atoms with Crippen molar-refractivity contribution in [1.29, 1.82) is 5.41 Å². The molecule has 1 aliphatic rings. The summed E-state index contributed by atoms with van der Waals surface area (Å²) in [6.07, 6.45) is 2.77. The summed E-state index contributed by atoms with van der Waals surface area (Å²) in [4.78, 5) is 22.7. The van der Waals surface area contributed by atoms with Crippen LogP contribution in [-0.2, 0) is 9.59 Å². The number of carbonyl (C=O) groups excluding carboxylic acids is 1. The van der Waals surface area contributed by atoms with Gasteiger partial charge < -0.3 is 16.2 Å². The van der Waals surface area contributed by atoms with E-state index >= 15 is 0 Å². The number of nitrogens with two attached hydrogens (primary N) is 1. The SMILES string of the molecule is CC1(C)CC1C(=O)NC(=CCCC(=N)N)C(=O)O. The number of carbonyl (C=O) groups is 2. The average molecular weight is 253 g/mol. The minimum Gasteiger partial charge on any atom is -0.477 e. The largest absolute Gasteiger partial charge is 0.477 e. The molecule has 0 radical (unpaired) electrons. The topological polar surface area (TPSA) is 116 Å². The van der Waals surface area contributed by atoms with Crippen LogP contribution in [-0.4, -0.2) is 22.8 Å². The van der Waals surface area contributed by atoms with Crippen LogP contribution in [0.1, 0.15) is 33.1 Å². The Bertz CT molecular complexity index is 413. The van der Waals surface area contributed by atoms with E-state index in [4.69, 9.17) is 16.2 Å². The number of amidine groups is 1. The summed E-state index contributed by atoms with van der Waals surface area (Å²) in [7, 11) is 0. The molecule has 0 aliphatic heterocycles. The molecule has 1 saturated carbocycles. The highest BCUT2D eigenvalue weighted by molar-refractivity contribution is 5.94. The second kappa shape index (κ2) is 5.20. The number of hydrogen-bond acceptors (Lipinski definition) is 3. The van der Waals surface area contributed by atoms with Gasteiger partial charge in [-0.25, -0.2) is 4.79 Å². The molecule has 5 N–H and O–H groups in total. The zero-order valence-corrected chi connectivity index (χ0v) is 10.6. The van der Waals surface area contributed by atoms with Crippen molar-refractivity contribution in [1.82, 2.24) is 5.32 Å². The fraction of sp³-hybridized carbons (Fsp3) is 0.583. The van der Waals surface area contributed by atoms with Crippen LogP contribution in [0.25, 0.3) is 0 Å². The molecule has 0 aromatic carbocycles. The third-order valence-corrected chi connectivity index (χ3v) is 3.08. The van der Waals surface area contributed by atoms with Crippen molar-refractivity contribution in [2.75, 3.05) is 0 Å². The van der Waals surface area contributed by atoms with Gasteiger partial charge in [-0.2, -0.15) is 0 Å². The van der Waals surface area contributed by atoms with Gasteiger partial charge in [0, 0.05) is 12.3 Å². The lowest BCUT2D eigenvalue weighted by Crippen LogP contribution is -2.29. The van der Waals surface area contributed by atoms with E-state index in [1.165, 1.54) is 6.08 Å². The Kier molecular flexibility index (Phi) is 4.11. The van der Waals surface area contributed by atoms with E-state index in [1.54, 1.807) is 0 Å². The van der Waals surface area contributed by atoms with Crippen LogP contribution in [0.3, 0.4) is 0 Å². The zero-order chi connectivity index (χ0) is 13.9. The Morgan fingerprint density at radius 2 is 2.11 bits per heavy atom. The summed E-state index contributed by atoms with van der Waals surface area (Å²) in [6.45, 7) is 3.94. The van der Waals surface area contributed by atoms with Gasteiger partial charge in [0.05, 0.1) is 5.84 Å². The fourth-order valence-corrected chi connectivity index (χ4v) is 1.70. The van der Waals surface area contributed by atoms with Crippen molar-refractivity contribution < 1.29 is 14.7 Å². The third kappa shape index (κ3) is 3.87. The number of carboxylic acid groups (broad SMARTS) is 1. The lowest BCUT2D eigenvalue weighted by molar-refractivity contribution is -0.135. The third-order valence-electron chi connectivity index (χ3n) is 3.08. The van der Waals surface area contributed by atoms with Crippen molar-refractivity contribution in [2.45, 2.75) is 33.1 Å². The highest BCUT2D eigenvalue weighted by Crippen LogP contribution is 2.51. The number of aliphatic carboxylic acids is 1. The monoisotopic (exact) mass is 253 g/mol. The van der Waals surface area contributed by atoms with Crippen LogP contribution in [0.5, 0.6) is 0 Å². The molecule has 6 heteroatoms. The van der Waals surface area contributed by atoms with Gasteiger partial charge in [0.1, 0.15) is 5.70 Å². The van der Waals surface area contributed by atoms with E-state index < -0.39 is 5.97 Å². The molecule has 0 saturated heterocycles. The molecule has 1 atom stereocenters. The van der Waals surface area contributed by atoms with E-state index in [9.17, 15) is 9.59 Å². The van der Waals surface area contributed by atoms with Crippen molar-refractivity contribution in [3.63, 3.8) is 0 Å². The highest BCUT2D eigenvalue weighted by atomic mass is 16.4. The Morgan fingerprint density at radius 1 is 1.56 bits per heavy atom. The Morgan fingerprint density at radius 3 is 2.50 bits per heavy atom. The molecule has 6 nitrogen and oxygen atoms in total. The van der Waals surface area contributed by atoms with Gasteiger partial charge in [-0.3, -0.25) is 10.2 Å². The molecule has 1 amide bonds. The van der Waals surface area contributed by atoms with Crippen molar-refractivity contribution >= 4 is 17.7 Å². The molecular formula is C12H19N3O3. The number of allylic oxidation sites excluding steroid dienone is 1. The maximum absolute atomic E-state index is 11.8. The summed E-state index contributed by atoms with van der Waals surface area (Å²) in [5, 5.41) is 18.4. The van der Waals surface area contributed by atoms with Crippen molar-refractivity contribution in [3.8, 4) is 0 Å². The van der Waals surface area contributed by atoms with Gasteiger partial charge in [0.2, 0.25) is 5.91 Å². The van der Waals surface area contributed by atoms with Gasteiger partial charge in [-0.15, -0.1) is 0 Å². The first-order chi connectivity index (χ1) is 8.24. The highest BCUT2D eigenvalue weighted by Gasteiger charge is 2.50. The standard InChI is InChI=1S/C12H19N3O3/c1-12(2)6-7(12)10(16)15-8(11(17)18)4-3-5-9(13)14/h4,7H,3,5-6H2,1-2H3,(H3,13,14)(H,15,16)(H,17,18). The Balaban J connectivity index is 2.56. The maximum Gasteiger partial charge on any atom is 0.352 e. The second-order valence-electron chi connectivity index (χ2n) is 5.22. The number of nitrogens with one attached hydrogen (secondary N) is 2. The Labute approximate surface area is 106 Å². The number of carboxylic acids is 1. The van der Waals surface area contributed by atoms with Gasteiger partial charge in [-0.1, -0.05) is 19.9 Å². The zero-order valence-electron chi connectivity index (χ0n) is 10.6. The van der Waals surface area contributed by atoms with E-state index in [2.05, 4.69) is 5.32 Å². The summed E-state index contributed by atoms with van der Waals surface area (Å²) in [5.41, 5.74) is 5.00. The molecule has 18 heavy (non-hydrogen) atoms. The molecule has 100 valence electrons. The van der Waals surface area contributed by atoms with E-state index in [0.29, 0.717) is 6.42 Å². The first-order valence-corrected chi connectivity index (χ1v) is 5.81. The molecule has 0 bridgehead atoms. The second-order valence-corrected chi connectivity index (χ2v) is 5.22. The summed E-state index contributed by atoms with van der Waals surface area (Å²) in [5.74, 6) is -1.56. The van der Waals surface area contributed by atoms with Crippen LogP contribution in [0.2, 0.25) is 0 Å². The molecule has 0 heterocycles. The van der Waals surface area contributed by atoms with Gasteiger partial charge in [0.15, 0.2) is 0 Å². The quantitative estimate of drug-likeness (QED) is 0.319. The fourth-order valence-electron chi connectivity index (χ4n) is 1.70. The van der Waals surface area contributed by atoms with Gasteiger partial charge >= 0.3 is 5.97 Å². The summed E-state index contributed by atoms with van der Waals surface area (Å²) < 4.78 is 0. The van der Waals surface area contributed by atoms with Crippen molar-refractivity contribution in [2.24, 2.45) is 17.1 Å². The van der Waals surface area contributed by atoms with Gasteiger partial charge in [0.25, 0.3) is 0 Å². The molecule has 0 aromatic heterocycles. The summed E-state index contributed by atoms with van der Waals surface area (Å²) >= 11 is 0. The minimum absolute atomic E-state index is 0.00867.